The van der Waals surface area contributed by atoms with E-state index < -0.39 is 0 Å². The number of hydrogen-bond acceptors (Lipinski definition) is 3. The molecule has 0 radical (unpaired) electrons. The molecular weight excluding hydrogens is 328 g/mol. The Morgan fingerprint density at radius 1 is 1.12 bits per heavy atom. The fourth-order valence-corrected chi connectivity index (χ4v) is 2.83. The number of aryl methyl sites for hydroxylation is 2. The Morgan fingerprint density at radius 2 is 1.85 bits per heavy atom. The van der Waals surface area contributed by atoms with Gasteiger partial charge in [0.2, 0.25) is 5.91 Å². The number of rotatable bonds is 7. The van der Waals surface area contributed by atoms with Crippen LogP contribution >= 0.6 is 0 Å². The summed E-state index contributed by atoms with van der Waals surface area (Å²) in [5, 5.41) is 5.74. The van der Waals surface area contributed by atoms with Crippen LogP contribution in [0.2, 0.25) is 0 Å². The molecule has 0 fully saturated rings. The van der Waals surface area contributed by atoms with Gasteiger partial charge in [0.15, 0.2) is 0 Å². The number of benzene rings is 2. The molecule has 0 aliphatic rings. The molecule has 2 rings (SSSR count). The summed E-state index contributed by atoms with van der Waals surface area (Å²) in [7, 11) is 1.52. The van der Waals surface area contributed by atoms with E-state index in [-0.39, 0.29) is 30.8 Å². The molecule has 1 unspecified atom stereocenters. The fourth-order valence-electron chi connectivity index (χ4n) is 2.83. The van der Waals surface area contributed by atoms with Crippen LogP contribution in [0, 0.1) is 13.8 Å². The molecule has 5 heteroatoms. The standard InChI is InChI=1S/C21H26N2O3/c1-14-9-10-15(2)18(13-14)16(3)23-20(24)11-12-22-21(25)17-7-5-6-8-19(17)26-4/h5-10,13,16H,11-12H2,1-4H3,(H,22,25)(H,23,24). The number of hydrogen-bond donors (Lipinski definition) is 2. The summed E-state index contributed by atoms with van der Waals surface area (Å²) in [6.45, 7) is 6.30. The smallest absolute Gasteiger partial charge is 0.255 e. The molecule has 2 amide bonds. The predicted octanol–water partition coefficient (Wildman–Crippen LogP) is 3.31. The number of carbonyl (C=O) groups is 2. The largest absolute Gasteiger partial charge is 0.496 e. The second-order valence-electron chi connectivity index (χ2n) is 6.36. The van der Waals surface area contributed by atoms with Crippen LogP contribution in [-0.4, -0.2) is 25.5 Å². The van der Waals surface area contributed by atoms with Gasteiger partial charge in [0.05, 0.1) is 18.7 Å². The second-order valence-corrected chi connectivity index (χ2v) is 6.36. The van der Waals surface area contributed by atoms with Crippen LogP contribution in [0.5, 0.6) is 5.75 Å². The van der Waals surface area contributed by atoms with E-state index >= 15 is 0 Å². The highest BCUT2D eigenvalue weighted by Gasteiger charge is 2.14. The summed E-state index contributed by atoms with van der Waals surface area (Å²) in [4.78, 5) is 24.4. The van der Waals surface area contributed by atoms with Gasteiger partial charge in [-0.15, -0.1) is 0 Å². The van der Waals surface area contributed by atoms with Crippen LogP contribution in [0.4, 0.5) is 0 Å². The third-order valence-electron chi connectivity index (χ3n) is 4.27. The van der Waals surface area contributed by atoms with Crippen LogP contribution in [0.3, 0.4) is 0 Å². The first-order chi connectivity index (χ1) is 12.4. The van der Waals surface area contributed by atoms with Crippen molar-refractivity contribution in [1.29, 1.82) is 0 Å². The quantitative estimate of drug-likeness (QED) is 0.802. The van der Waals surface area contributed by atoms with E-state index in [1.54, 1.807) is 24.3 Å². The molecule has 5 nitrogen and oxygen atoms in total. The summed E-state index contributed by atoms with van der Waals surface area (Å²) in [5.41, 5.74) is 3.87. The summed E-state index contributed by atoms with van der Waals surface area (Å²) < 4.78 is 5.18. The minimum atomic E-state index is -0.252. The maximum atomic E-state index is 12.2. The lowest BCUT2D eigenvalue weighted by Gasteiger charge is -2.17. The van der Waals surface area contributed by atoms with E-state index in [2.05, 4.69) is 28.8 Å². The van der Waals surface area contributed by atoms with Gasteiger partial charge in [-0.05, 0) is 44.0 Å². The first-order valence-corrected chi connectivity index (χ1v) is 8.70. The van der Waals surface area contributed by atoms with Crippen LogP contribution in [0.1, 0.15) is 46.4 Å². The molecule has 0 heterocycles. The van der Waals surface area contributed by atoms with Crippen molar-refractivity contribution in [2.24, 2.45) is 0 Å². The monoisotopic (exact) mass is 354 g/mol. The van der Waals surface area contributed by atoms with Crippen molar-refractivity contribution in [2.45, 2.75) is 33.2 Å². The van der Waals surface area contributed by atoms with Gasteiger partial charge in [0.1, 0.15) is 5.75 Å². The minimum absolute atomic E-state index is 0.0766. The summed E-state index contributed by atoms with van der Waals surface area (Å²) in [5.74, 6) is 0.162. The van der Waals surface area contributed by atoms with Crippen molar-refractivity contribution in [3.05, 3.63) is 64.7 Å². The fraction of sp³-hybridized carbons (Fsp3) is 0.333. The SMILES string of the molecule is COc1ccccc1C(=O)NCCC(=O)NC(C)c1cc(C)ccc1C. The van der Waals surface area contributed by atoms with Crippen LogP contribution < -0.4 is 15.4 Å². The molecule has 2 aromatic rings. The van der Waals surface area contributed by atoms with Crippen molar-refractivity contribution in [3.8, 4) is 5.75 Å². The van der Waals surface area contributed by atoms with Gasteiger partial charge in [-0.25, -0.2) is 0 Å². The Balaban J connectivity index is 1.85. The molecule has 1 atom stereocenters. The van der Waals surface area contributed by atoms with E-state index in [1.807, 2.05) is 20.8 Å². The third kappa shape index (κ3) is 5.09. The maximum absolute atomic E-state index is 12.2. The van der Waals surface area contributed by atoms with Gasteiger partial charge < -0.3 is 15.4 Å². The third-order valence-corrected chi connectivity index (χ3v) is 4.27. The molecule has 138 valence electrons. The Morgan fingerprint density at radius 3 is 2.58 bits per heavy atom. The number of nitrogens with one attached hydrogen (secondary N) is 2. The number of ether oxygens (including phenoxy) is 1. The van der Waals surface area contributed by atoms with Gasteiger partial charge in [0.25, 0.3) is 5.91 Å². The number of para-hydroxylation sites is 1. The Labute approximate surface area is 154 Å². The van der Waals surface area contributed by atoms with Gasteiger partial charge in [-0.3, -0.25) is 9.59 Å². The molecule has 0 saturated carbocycles. The number of methoxy groups -OCH3 is 1. The lowest BCUT2D eigenvalue weighted by Crippen LogP contribution is -2.32. The van der Waals surface area contributed by atoms with Gasteiger partial charge in [-0.2, -0.15) is 0 Å². The first kappa shape index (κ1) is 19.5. The molecule has 2 N–H and O–H groups in total. The average molecular weight is 354 g/mol. The zero-order valence-electron chi connectivity index (χ0n) is 15.8. The Hall–Kier alpha value is -2.82. The van der Waals surface area contributed by atoms with Crippen LogP contribution in [-0.2, 0) is 4.79 Å². The van der Waals surface area contributed by atoms with Crippen molar-refractivity contribution in [2.75, 3.05) is 13.7 Å². The lowest BCUT2D eigenvalue weighted by molar-refractivity contribution is -0.121. The zero-order chi connectivity index (χ0) is 19.1. The second kappa shape index (κ2) is 9.04. The molecule has 2 aromatic carbocycles. The van der Waals surface area contributed by atoms with Crippen LogP contribution in [0.25, 0.3) is 0 Å². The van der Waals surface area contributed by atoms with Crippen molar-refractivity contribution >= 4 is 11.8 Å². The number of amides is 2. The van der Waals surface area contributed by atoms with E-state index in [4.69, 9.17) is 4.74 Å². The van der Waals surface area contributed by atoms with E-state index in [9.17, 15) is 9.59 Å². The Bertz CT molecular complexity index is 787. The van der Waals surface area contributed by atoms with Crippen molar-refractivity contribution < 1.29 is 14.3 Å². The van der Waals surface area contributed by atoms with Gasteiger partial charge in [0, 0.05) is 13.0 Å². The molecule has 0 saturated heterocycles. The Kier molecular flexibility index (Phi) is 6.78. The van der Waals surface area contributed by atoms with E-state index in [1.165, 1.54) is 7.11 Å². The minimum Gasteiger partial charge on any atom is -0.496 e. The highest BCUT2D eigenvalue weighted by Crippen LogP contribution is 2.19. The molecule has 0 aromatic heterocycles. The van der Waals surface area contributed by atoms with Crippen LogP contribution in [0.15, 0.2) is 42.5 Å². The zero-order valence-corrected chi connectivity index (χ0v) is 15.8. The molecule has 26 heavy (non-hydrogen) atoms. The maximum Gasteiger partial charge on any atom is 0.255 e. The predicted molar refractivity (Wildman–Crippen MR) is 102 cm³/mol. The number of carbonyl (C=O) groups excluding carboxylic acids is 2. The summed E-state index contributed by atoms with van der Waals surface area (Å²) in [6, 6.07) is 13.1. The average Bonchev–Trinajstić information content (AvgIpc) is 2.63. The lowest BCUT2D eigenvalue weighted by atomic mass is 10.00. The van der Waals surface area contributed by atoms with E-state index in [0.717, 1.165) is 16.7 Å². The molecule has 0 aliphatic carbocycles. The molecule has 0 bridgehead atoms. The van der Waals surface area contributed by atoms with Gasteiger partial charge >= 0.3 is 0 Å². The van der Waals surface area contributed by atoms with Crippen molar-refractivity contribution in [3.63, 3.8) is 0 Å². The molecule has 0 spiro atoms. The summed E-state index contributed by atoms with van der Waals surface area (Å²) in [6.07, 6.45) is 0.218. The highest BCUT2D eigenvalue weighted by molar-refractivity contribution is 5.97. The topological polar surface area (TPSA) is 67.4 Å². The molecular formula is C21H26N2O3. The van der Waals surface area contributed by atoms with Crippen molar-refractivity contribution in [1.82, 2.24) is 10.6 Å². The normalized spacial score (nSPS) is 11.5. The molecule has 0 aliphatic heterocycles. The first-order valence-electron chi connectivity index (χ1n) is 8.70. The van der Waals surface area contributed by atoms with Gasteiger partial charge in [-0.1, -0.05) is 35.9 Å². The highest BCUT2D eigenvalue weighted by atomic mass is 16.5. The van der Waals surface area contributed by atoms with E-state index in [0.29, 0.717) is 11.3 Å². The summed E-state index contributed by atoms with van der Waals surface area (Å²) >= 11 is 0.